The van der Waals surface area contributed by atoms with Crippen LogP contribution >= 0.6 is 0 Å². The van der Waals surface area contributed by atoms with Crippen molar-refractivity contribution >= 4 is 0 Å². The molecule has 0 radical (unpaired) electrons. The lowest BCUT2D eigenvalue weighted by molar-refractivity contribution is 0.460. The molecule has 0 nitrogen and oxygen atoms in total. The van der Waals surface area contributed by atoms with Gasteiger partial charge in [-0.1, -0.05) is 50.2 Å². The van der Waals surface area contributed by atoms with Crippen LogP contribution in [0.2, 0.25) is 0 Å². The number of allylic oxidation sites excluding steroid dienone is 2. The molecule has 2 aliphatic carbocycles. The summed E-state index contributed by atoms with van der Waals surface area (Å²) in [4.78, 5) is 0. The largest absolute Gasteiger partial charge is 0.0809 e. The highest BCUT2D eigenvalue weighted by molar-refractivity contribution is 5.21. The van der Waals surface area contributed by atoms with Gasteiger partial charge in [0.15, 0.2) is 0 Å². The van der Waals surface area contributed by atoms with Crippen LogP contribution in [0.1, 0.15) is 51.4 Å². The summed E-state index contributed by atoms with van der Waals surface area (Å²) in [6, 6.07) is 0. The Morgan fingerprint density at radius 2 is 1.73 bits per heavy atom. The molecule has 0 aliphatic heterocycles. The first-order valence-electron chi connectivity index (χ1n) is 5.13. The van der Waals surface area contributed by atoms with Gasteiger partial charge in [-0.2, -0.15) is 0 Å². The van der Waals surface area contributed by atoms with Crippen LogP contribution in [0.15, 0.2) is 11.6 Å². The second-order valence-corrected chi connectivity index (χ2v) is 4.13. The Hall–Kier alpha value is -0.260. The van der Waals surface area contributed by atoms with Crippen molar-refractivity contribution in [2.75, 3.05) is 0 Å². The minimum atomic E-state index is 1.06. The fraction of sp³-hybridized carbons (Fsp3) is 0.818. The van der Waals surface area contributed by atoms with Crippen molar-refractivity contribution in [3.05, 3.63) is 11.6 Å². The van der Waals surface area contributed by atoms with Crippen molar-refractivity contribution in [2.24, 2.45) is 5.92 Å². The molecule has 1 fully saturated rings. The van der Waals surface area contributed by atoms with Crippen molar-refractivity contribution in [2.45, 2.75) is 51.4 Å². The third kappa shape index (κ3) is 2.36. The van der Waals surface area contributed by atoms with Crippen LogP contribution in [0.25, 0.3) is 0 Å². The fourth-order valence-electron chi connectivity index (χ4n) is 2.18. The molecule has 0 amide bonds. The summed E-state index contributed by atoms with van der Waals surface area (Å²) in [5.41, 5.74) is 1.75. The molecule has 0 heteroatoms. The van der Waals surface area contributed by atoms with Crippen molar-refractivity contribution in [1.29, 1.82) is 0 Å². The second kappa shape index (κ2) is 3.42. The topological polar surface area (TPSA) is 0 Å². The van der Waals surface area contributed by atoms with Crippen molar-refractivity contribution in [3.8, 4) is 0 Å². The van der Waals surface area contributed by atoms with E-state index < -0.39 is 0 Å². The Balaban J connectivity index is 1.75. The van der Waals surface area contributed by atoms with Gasteiger partial charge in [0.2, 0.25) is 0 Å². The molecule has 0 spiro atoms. The lowest BCUT2D eigenvalue weighted by atomic mass is 9.95. The van der Waals surface area contributed by atoms with Crippen LogP contribution in [-0.2, 0) is 0 Å². The fourth-order valence-corrected chi connectivity index (χ4v) is 2.18. The summed E-state index contributed by atoms with van der Waals surface area (Å²) in [6.07, 6.45) is 14.2. The Kier molecular flexibility index (Phi) is 2.30. The smallest absolute Gasteiger partial charge is 0.0136 e. The van der Waals surface area contributed by atoms with E-state index in [1.807, 2.05) is 0 Å². The van der Waals surface area contributed by atoms with Crippen LogP contribution in [0.3, 0.4) is 0 Å². The Labute approximate surface area is 69.7 Å². The van der Waals surface area contributed by atoms with Crippen LogP contribution in [0, 0.1) is 5.92 Å². The van der Waals surface area contributed by atoms with E-state index in [2.05, 4.69) is 6.08 Å². The monoisotopic (exact) mass is 150 g/mol. The maximum absolute atomic E-state index is 2.39. The maximum Gasteiger partial charge on any atom is -0.0136 e. The molecule has 11 heavy (non-hydrogen) atoms. The quantitative estimate of drug-likeness (QED) is 0.416. The molecule has 0 heterocycles. The summed E-state index contributed by atoms with van der Waals surface area (Å²) in [7, 11) is 0. The van der Waals surface area contributed by atoms with E-state index in [1.54, 1.807) is 5.57 Å². The van der Waals surface area contributed by atoms with Gasteiger partial charge in [-0.15, -0.1) is 0 Å². The first kappa shape index (κ1) is 7.39. The van der Waals surface area contributed by atoms with Crippen LogP contribution < -0.4 is 0 Å². The van der Waals surface area contributed by atoms with E-state index in [-0.39, 0.29) is 0 Å². The number of hydrogen-bond acceptors (Lipinski definition) is 0. The van der Waals surface area contributed by atoms with Crippen molar-refractivity contribution < 1.29 is 0 Å². The van der Waals surface area contributed by atoms with Crippen LogP contribution in [0.4, 0.5) is 0 Å². The molecule has 0 aromatic carbocycles. The van der Waals surface area contributed by atoms with Crippen LogP contribution in [0.5, 0.6) is 0 Å². The van der Waals surface area contributed by atoms with Gasteiger partial charge in [0, 0.05) is 0 Å². The van der Waals surface area contributed by atoms with Gasteiger partial charge in [-0.05, 0) is 18.8 Å². The molecule has 0 aromatic rings. The zero-order chi connectivity index (χ0) is 7.52. The van der Waals surface area contributed by atoms with Gasteiger partial charge in [0.25, 0.3) is 0 Å². The molecule has 2 rings (SSSR count). The molecule has 2 aliphatic rings. The summed E-state index contributed by atoms with van der Waals surface area (Å²) < 4.78 is 0. The van der Waals surface area contributed by atoms with Gasteiger partial charge in [0.05, 0.1) is 0 Å². The molecule has 1 saturated carbocycles. The van der Waals surface area contributed by atoms with Crippen molar-refractivity contribution in [3.63, 3.8) is 0 Å². The molecule has 0 bridgehead atoms. The molecule has 0 atom stereocenters. The second-order valence-electron chi connectivity index (χ2n) is 4.13. The normalized spacial score (nSPS) is 26.0. The number of rotatable bonds is 2. The predicted molar refractivity (Wildman–Crippen MR) is 48.5 cm³/mol. The zero-order valence-electron chi connectivity index (χ0n) is 7.31. The van der Waals surface area contributed by atoms with Crippen molar-refractivity contribution in [1.82, 2.24) is 0 Å². The highest BCUT2D eigenvalue weighted by Gasteiger charge is 2.16. The number of hydrogen-bond donors (Lipinski definition) is 0. The van der Waals surface area contributed by atoms with Gasteiger partial charge >= 0.3 is 0 Å². The highest BCUT2D eigenvalue weighted by atomic mass is 14.2. The van der Waals surface area contributed by atoms with Gasteiger partial charge in [-0.3, -0.25) is 0 Å². The molecule has 0 N–H and O–H groups in total. The van der Waals surface area contributed by atoms with Crippen LogP contribution in [-0.4, -0.2) is 0 Å². The average Bonchev–Trinajstić information content (AvgIpc) is 2.77. The third-order valence-electron chi connectivity index (χ3n) is 3.02. The minimum Gasteiger partial charge on any atom is -0.0809 e. The third-order valence-corrected chi connectivity index (χ3v) is 3.02. The standard InChI is InChI=1S/C11H18/c1-2-4-6-10(5-3-1)9-11-7-8-11/h7,10H,1-6,8-9H2. The summed E-state index contributed by atoms with van der Waals surface area (Å²) in [5, 5.41) is 0. The molecular weight excluding hydrogens is 132 g/mol. The molecule has 0 saturated heterocycles. The maximum atomic E-state index is 2.39. The Bertz CT molecular complexity index is 147. The van der Waals surface area contributed by atoms with E-state index in [0.29, 0.717) is 0 Å². The summed E-state index contributed by atoms with van der Waals surface area (Å²) in [5.74, 6) is 1.06. The summed E-state index contributed by atoms with van der Waals surface area (Å²) in [6.45, 7) is 0. The lowest BCUT2D eigenvalue weighted by Crippen LogP contribution is -1.96. The average molecular weight is 150 g/mol. The SMILES string of the molecule is C1=C(CC2CCCCCC2)C1. The highest BCUT2D eigenvalue weighted by Crippen LogP contribution is 2.33. The Morgan fingerprint density at radius 1 is 1.09 bits per heavy atom. The van der Waals surface area contributed by atoms with E-state index in [1.165, 1.54) is 51.4 Å². The minimum absolute atomic E-state index is 1.06. The lowest BCUT2D eigenvalue weighted by Gasteiger charge is -2.10. The summed E-state index contributed by atoms with van der Waals surface area (Å²) >= 11 is 0. The van der Waals surface area contributed by atoms with Gasteiger partial charge in [0.1, 0.15) is 0 Å². The predicted octanol–water partition coefficient (Wildman–Crippen LogP) is 3.68. The van der Waals surface area contributed by atoms with E-state index in [0.717, 1.165) is 5.92 Å². The van der Waals surface area contributed by atoms with Gasteiger partial charge < -0.3 is 0 Å². The first-order valence-corrected chi connectivity index (χ1v) is 5.13. The molecule has 0 aromatic heterocycles. The molecule has 62 valence electrons. The first-order chi connectivity index (χ1) is 5.45. The van der Waals surface area contributed by atoms with E-state index in [4.69, 9.17) is 0 Å². The van der Waals surface area contributed by atoms with E-state index >= 15 is 0 Å². The van der Waals surface area contributed by atoms with E-state index in [9.17, 15) is 0 Å². The zero-order valence-corrected chi connectivity index (χ0v) is 7.31. The van der Waals surface area contributed by atoms with Gasteiger partial charge in [-0.25, -0.2) is 0 Å². The Morgan fingerprint density at radius 3 is 2.27 bits per heavy atom. The molecular formula is C11H18. The molecule has 0 unspecified atom stereocenters.